The highest BCUT2D eigenvalue weighted by Gasteiger charge is 2.42. The van der Waals surface area contributed by atoms with Crippen molar-refractivity contribution in [2.45, 2.75) is 64.3 Å². The molecule has 8 heteroatoms. The Kier molecular flexibility index (Phi) is 8.45. The monoisotopic (exact) mass is 566 g/mol. The van der Waals surface area contributed by atoms with Gasteiger partial charge in [0.05, 0.1) is 6.04 Å². The second-order valence-corrected chi connectivity index (χ2v) is 11.8. The molecule has 0 saturated heterocycles. The molecule has 2 heterocycles. The first kappa shape index (κ1) is 29.1. The van der Waals surface area contributed by atoms with Gasteiger partial charge in [-0.2, -0.15) is 0 Å². The lowest BCUT2D eigenvalue weighted by Crippen LogP contribution is -2.59. The van der Waals surface area contributed by atoms with E-state index in [-0.39, 0.29) is 18.7 Å². The Hall–Kier alpha value is -4.43. The molecule has 2 atom stereocenters. The molecule has 0 fully saturated rings. The fraction of sp³-hybridized carbons (Fsp3) is 0.324. The second-order valence-electron chi connectivity index (χ2n) is 11.8. The van der Waals surface area contributed by atoms with E-state index in [1.54, 1.807) is 25.7 Å². The second kappa shape index (κ2) is 12.2. The van der Waals surface area contributed by atoms with Crippen LogP contribution in [0.5, 0.6) is 0 Å². The molecule has 0 aliphatic carbocycles. The smallest absolute Gasteiger partial charge is 0.417 e. The third-order valence-electron chi connectivity index (χ3n) is 7.57. The van der Waals surface area contributed by atoms with Crippen LogP contribution in [0.2, 0.25) is 0 Å². The Morgan fingerprint density at radius 2 is 1.60 bits per heavy atom. The van der Waals surface area contributed by atoms with E-state index < -0.39 is 29.7 Å². The number of aromatic nitrogens is 1. The highest BCUT2D eigenvalue weighted by atomic mass is 16.6. The largest absolute Gasteiger partial charge is 0.443 e. The molecule has 3 N–H and O–H groups in total. The zero-order valence-electron chi connectivity index (χ0n) is 24.4. The number of nitrogens with one attached hydrogen (secondary N) is 1. The summed E-state index contributed by atoms with van der Waals surface area (Å²) in [6.07, 6.45) is 1.97. The van der Waals surface area contributed by atoms with Crippen molar-refractivity contribution in [3.8, 4) is 0 Å². The molecule has 42 heavy (non-hydrogen) atoms. The number of nitrogens with zero attached hydrogens (tertiary/aromatic N) is 2. The Morgan fingerprint density at radius 3 is 2.33 bits per heavy atom. The lowest BCUT2D eigenvalue weighted by atomic mass is 9.97. The van der Waals surface area contributed by atoms with E-state index in [1.165, 1.54) is 5.56 Å². The lowest BCUT2D eigenvalue weighted by molar-refractivity contribution is -0.146. The molecular weight excluding hydrogens is 528 g/mol. The summed E-state index contributed by atoms with van der Waals surface area (Å²) in [6.45, 7) is 6.08. The van der Waals surface area contributed by atoms with Gasteiger partial charge in [-0.3, -0.25) is 9.59 Å². The fourth-order valence-corrected chi connectivity index (χ4v) is 5.51. The zero-order valence-corrected chi connectivity index (χ0v) is 24.4. The number of H-pyrrole nitrogens is 1. The van der Waals surface area contributed by atoms with Crippen molar-refractivity contribution in [3.05, 3.63) is 107 Å². The van der Waals surface area contributed by atoms with Gasteiger partial charge in [0.25, 0.3) is 0 Å². The van der Waals surface area contributed by atoms with Crippen molar-refractivity contribution < 1.29 is 19.1 Å². The number of carbonyl (C=O) groups excluding carboxylic acids is 3. The van der Waals surface area contributed by atoms with Crippen LogP contribution in [0.4, 0.5) is 4.79 Å². The molecule has 1 aliphatic heterocycles. The number of aromatic amines is 1. The molecule has 218 valence electrons. The van der Waals surface area contributed by atoms with E-state index in [0.29, 0.717) is 19.5 Å². The van der Waals surface area contributed by atoms with Crippen molar-refractivity contribution in [2.75, 3.05) is 6.54 Å². The van der Waals surface area contributed by atoms with Gasteiger partial charge >= 0.3 is 6.09 Å². The number of imide groups is 1. The summed E-state index contributed by atoms with van der Waals surface area (Å²) in [4.78, 5) is 48.2. The average molecular weight is 567 g/mol. The van der Waals surface area contributed by atoms with Crippen LogP contribution in [0.1, 0.15) is 43.0 Å². The van der Waals surface area contributed by atoms with Crippen LogP contribution in [-0.2, 0) is 40.1 Å². The third kappa shape index (κ3) is 6.55. The summed E-state index contributed by atoms with van der Waals surface area (Å²) in [5, 5.41) is 0.952. The first-order chi connectivity index (χ1) is 20.1. The molecule has 3 aromatic carbocycles. The molecule has 1 aromatic heterocycles. The van der Waals surface area contributed by atoms with Crippen molar-refractivity contribution in [1.29, 1.82) is 0 Å². The quantitative estimate of drug-likeness (QED) is 0.327. The van der Waals surface area contributed by atoms with Gasteiger partial charge in [0.2, 0.25) is 11.8 Å². The summed E-state index contributed by atoms with van der Waals surface area (Å²) in [7, 11) is 0. The molecule has 0 radical (unpaired) electrons. The maximum absolute atomic E-state index is 14.3. The Labute approximate surface area is 246 Å². The number of hydrogen-bond acceptors (Lipinski definition) is 5. The fourth-order valence-electron chi connectivity index (χ4n) is 5.51. The first-order valence-corrected chi connectivity index (χ1v) is 14.4. The summed E-state index contributed by atoms with van der Waals surface area (Å²) in [5.74, 6) is -0.965. The minimum atomic E-state index is -1.13. The topological polar surface area (TPSA) is 109 Å². The summed E-state index contributed by atoms with van der Waals surface area (Å²) in [6, 6.07) is 23.0. The number of ether oxygens (including phenoxy) is 1. The van der Waals surface area contributed by atoms with E-state index in [0.717, 1.165) is 32.5 Å². The molecule has 3 amide bonds. The number of amides is 3. The minimum absolute atomic E-state index is 0.141. The summed E-state index contributed by atoms with van der Waals surface area (Å²) >= 11 is 0. The van der Waals surface area contributed by atoms with E-state index in [1.807, 2.05) is 79.0 Å². The Bertz CT molecular complexity index is 1570. The van der Waals surface area contributed by atoms with Crippen molar-refractivity contribution in [2.24, 2.45) is 5.73 Å². The van der Waals surface area contributed by atoms with Gasteiger partial charge in [0, 0.05) is 36.6 Å². The predicted octanol–water partition coefficient (Wildman–Crippen LogP) is 5.00. The minimum Gasteiger partial charge on any atom is -0.443 e. The highest BCUT2D eigenvalue weighted by molar-refractivity contribution is 6.00. The van der Waals surface area contributed by atoms with Crippen LogP contribution >= 0.6 is 0 Å². The normalized spacial score (nSPS) is 14.6. The molecule has 0 bridgehead atoms. The van der Waals surface area contributed by atoms with Gasteiger partial charge in [-0.05, 0) is 61.9 Å². The summed E-state index contributed by atoms with van der Waals surface area (Å²) in [5.41, 5.74) is 10.5. The molecule has 0 spiro atoms. The molecule has 0 unspecified atom stereocenters. The Balaban J connectivity index is 1.50. The maximum atomic E-state index is 14.3. The van der Waals surface area contributed by atoms with Crippen LogP contribution in [0.15, 0.2) is 85.1 Å². The number of benzene rings is 3. The maximum Gasteiger partial charge on any atom is 0.417 e. The van der Waals surface area contributed by atoms with Crippen LogP contribution in [0, 0.1) is 0 Å². The zero-order chi connectivity index (χ0) is 29.9. The number of carbonyl (C=O) groups is 3. The number of rotatable bonds is 7. The Morgan fingerprint density at radius 1 is 0.929 bits per heavy atom. The van der Waals surface area contributed by atoms with Gasteiger partial charge in [-0.25, -0.2) is 9.69 Å². The van der Waals surface area contributed by atoms with E-state index in [4.69, 9.17) is 10.5 Å². The van der Waals surface area contributed by atoms with Crippen LogP contribution in [0.25, 0.3) is 10.9 Å². The van der Waals surface area contributed by atoms with Gasteiger partial charge in [-0.1, -0.05) is 72.8 Å². The summed E-state index contributed by atoms with van der Waals surface area (Å²) < 4.78 is 5.72. The van der Waals surface area contributed by atoms with Gasteiger partial charge < -0.3 is 20.4 Å². The van der Waals surface area contributed by atoms with Crippen LogP contribution in [0.3, 0.4) is 0 Å². The van der Waals surface area contributed by atoms with Crippen LogP contribution in [-0.4, -0.2) is 56.9 Å². The van der Waals surface area contributed by atoms with E-state index in [9.17, 15) is 14.4 Å². The standard InChI is InChI=1S/C34H38N4O4/c1-34(2,3)42-33(41)38(31(39)28(35)20-26-21-36-29-16-10-9-15-27(26)29)30(19-23-11-5-4-6-12-23)32(40)37-18-17-24-13-7-8-14-25(24)22-37/h4-16,21,28,30,36H,17-20,22,35H2,1-3H3/t28-,30+/m0/s1. The van der Waals surface area contributed by atoms with E-state index in [2.05, 4.69) is 11.1 Å². The van der Waals surface area contributed by atoms with Crippen LogP contribution < -0.4 is 5.73 Å². The number of nitrogens with two attached hydrogens (primary N) is 1. The molecule has 4 aromatic rings. The lowest BCUT2D eigenvalue weighted by Gasteiger charge is -2.37. The number of hydrogen-bond donors (Lipinski definition) is 2. The van der Waals surface area contributed by atoms with E-state index >= 15 is 0 Å². The molecular formula is C34H38N4O4. The number of fused-ring (bicyclic) bond motifs is 2. The van der Waals surface area contributed by atoms with Crippen molar-refractivity contribution >= 4 is 28.8 Å². The average Bonchev–Trinajstić information content (AvgIpc) is 3.38. The number of para-hydroxylation sites is 1. The van der Waals surface area contributed by atoms with Gasteiger partial charge in [0.15, 0.2) is 0 Å². The SMILES string of the molecule is CC(C)(C)OC(=O)N(C(=O)[C@@H](N)Cc1c[nH]c2ccccc12)[C@H](Cc1ccccc1)C(=O)N1CCc2ccccc2C1. The first-order valence-electron chi connectivity index (χ1n) is 14.4. The molecule has 0 saturated carbocycles. The third-order valence-corrected chi connectivity index (χ3v) is 7.57. The molecule has 5 rings (SSSR count). The van der Waals surface area contributed by atoms with Crippen molar-refractivity contribution in [1.82, 2.24) is 14.8 Å². The molecule has 1 aliphatic rings. The van der Waals surface area contributed by atoms with Gasteiger partial charge in [0.1, 0.15) is 11.6 Å². The predicted molar refractivity (Wildman–Crippen MR) is 163 cm³/mol. The molecule has 8 nitrogen and oxygen atoms in total. The van der Waals surface area contributed by atoms with Crippen molar-refractivity contribution in [3.63, 3.8) is 0 Å². The van der Waals surface area contributed by atoms with Gasteiger partial charge in [-0.15, -0.1) is 0 Å². The highest BCUT2D eigenvalue weighted by Crippen LogP contribution is 2.25.